The Balaban J connectivity index is 2.03. The first kappa shape index (κ1) is 8.44. The number of aromatic nitrogens is 2. The van der Waals surface area contributed by atoms with Gasteiger partial charge in [0, 0.05) is 45.6 Å². The molecule has 2 rings (SSSR count). The summed E-state index contributed by atoms with van der Waals surface area (Å²) >= 11 is 0. The Kier molecular flexibility index (Phi) is 2.40. The van der Waals surface area contributed by atoms with Crippen LogP contribution in [-0.4, -0.2) is 41.0 Å². The van der Waals surface area contributed by atoms with E-state index in [0.29, 0.717) is 0 Å². The van der Waals surface area contributed by atoms with E-state index in [-0.39, 0.29) is 0 Å². The Bertz CT molecular complexity index is 254. The lowest BCUT2D eigenvalue weighted by molar-refractivity contribution is 0.343. The molecule has 1 aliphatic heterocycles. The third kappa shape index (κ3) is 1.95. The fourth-order valence-electron chi connectivity index (χ4n) is 1.43. The summed E-state index contributed by atoms with van der Waals surface area (Å²) in [6.45, 7) is 3.97. The van der Waals surface area contributed by atoms with Crippen LogP contribution < -0.4 is 4.90 Å². The van der Waals surface area contributed by atoms with E-state index in [1.165, 1.54) is 0 Å². The molecule has 1 radical (unpaired) electrons. The van der Waals surface area contributed by atoms with Gasteiger partial charge < -0.3 is 4.90 Å². The van der Waals surface area contributed by atoms with Gasteiger partial charge >= 0.3 is 0 Å². The zero-order valence-electron chi connectivity index (χ0n) is 7.56. The van der Waals surface area contributed by atoms with E-state index < -0.39 is 0 Å². The summed E-state index contributed by atoms with van der Waals surface area (Å²) in [7, 11) is 3.90. The predicted octanol–water partition coefficient (Wildman–Crippen LogP) is 0.390. The monoisotopic (exact) mass is 177 g/mol. The van der Waals surface area contributed by atoms with Gasteiger partial charge in [0.1, 0.15) is 5.82 Å². The van der Waals surface area contributed by atoms with Gasteiger partial charge in [-0.15, -0.1) is 0 Å². The third-order valence-corrected chi connectivity index (χ3v) is 2.25. The minimum Gasteiger partial charge on any atom is -0.353 e. The van der Waals surface area contributed by atoms with Crippen LogP contribution in [0.1, 0.15) is 0 Å². The smallest absolute Gasteiger partial charge is 0.147 e. The fourth-order valence-corrected chi connectivity index (χ4v) is 1.43. The van der Waals surface area contributed by atoms with Gasteiger partial charge in [-0.1, -0.05) is 0 Å². The van der Waals surface area contributed by atoms with Crippen molar-refractivity contribution in [2.75, 3.05) is 31.1 Å². The highest BCUT2D eigenvalue weighted by molar-refractivity contribution is 5.35. The van der Waals surface area contributed by atoms with Crippen molar-refractivity contribution in [3.05, 3.63) is 25.6 Å². The molecule has 4 nitrogen and oxygen atoms in total. The average Bonchev–Trinajstić information content (AvgIpc) is 2.20. The highest BCUT2D eigenvalue weighted by Gasteiger charge is 2.14. The van der Waals surface area contributed by atoms with Crippen molar-refractivity contribution in [1.29, 1.82) is 0 Å². The Morgan fingerprint density at radius 3 is 2.54 bits per heavy atom. The molecular weight excluding hydrogens is 164 g/mol. The fraction of sp³-hybridized carbons (Fsp3) is 0.444. The lowest BCUT2D eigenvalue weighted by Crippen LogP contribution is -2.44. The molecule has 0 saturated carbocycles. The molecule has 1 aliphatic rings. The molecule has 0 amide bonds. The molecule has 0 aromatic carbocycles. The van der Waals surface area contributed by atoms with Crippen molar-refractivity contribution in [2.45, 2.75) is 0 Å². The molecule has 0 spiro atoms. The van der Waals surface area contributed by atoms with Crippen LogP contribution >= 0.6 is 0 Å². The quantitative estimate of drug-likeness (QED) is 0.621. The van der Waals surface area contributed by atoms with Crippen LogP contribution in [0.15, 0.2) is 18.6 Å². The van der Waals surface area contributed by atoms with Crippen molar-refractivity contribution in [3.63, 3.8) is 0 Å². The van der Waals surface area contributed by atoms with E-state index in [1.807, 2.05) is 0 Å². The van der Waals surface area contributed by atoms with Gasteiger partial charge in [-0.2, -0.15) is 0 Å². The van der Waals surface area contributed by atoms with Crippen LogP contribution in [0.2, 0.25) is 0 Å². The maximum absolute atomic E-state index is 4.25. The first-order chi connectivity index (χ1) is 6.36. The molecule has 0 bridgehead atoms. The summed E-state index contributed by atoms with van der Waals surface area (Å²) in [4.78, 5) is 12.6. The van der Waals surface area contributed by atoms with E-state index in [9.17, 15) is 0 Å². The second-order valence-electron chi connectivity index (χ2n) is 3.17. The van der Waals surface area contributed by atoms with E-state index in [4.69, 9.17) is 0 Å². The minimum atomic E-state index is 0.968. The van der Waals surface area contributed by atoms with Crippen LogP contribution in [0.5, 0.6) is 0 Å². The first-order valence-corrected chi connectivity index (χ1v) is 4.42. The SMILES string of the molecule is [CH2]N1CCN(c2cnccn2)CC1. The van der Waals surface area contributed by atoms with Crippen LogP contribution in [0, 0.1) is 7.05 Å². The molecule has 1 aromatic heterocycles. The molecule has 0 atom stereocenters. The first-order valence-electron chi connectivity index (χ1n) is 4.42. The molecule has 1 aromatic rings. The summed E-state index contributed by atoms with van der Waals surface area (Å²) in [5, 5.41) is 0. The molecule has 4 heteroatoms. The number of hydrogen-bond acceptors (Lipinski definition) is 4. The highest BCUT2D eigenvalue weighted by Crippen LogP contribution is 2.10. The Morgan fingerprint density at radius 1 is 1.15 bits per heavy atom. The van der Waals surface area contributed by atoms with Gasteiger partial charge in [-0.05, 0) is 0 Å². The number of nitrogens with zero attached hydrogens (tertiary/aromatic N) is 4. The average molecular weight is 177 g/mol. The van der Waals surface area contributed by atoms with Crippen LogP contribution in [0.25, 0.3) is 0 Å². The van der Waals surface area contributed by atoms with Crippen molar-refractivity contribution in [1.82, 2.24) is 14.9 Å². The van der Waals surface area contributed by atoms with Gasteiger partial charge in [0.15, 0.2) is 0 Å². The van der Waals surface area contributed by atoms with Crippen molar-refractivity contribution in [2.24, 2.45) is 0 Å². The molecule has 0 aliphatic carbocycles. The lowest BCUT2D eigenvalue weighted by Gasteiger charge is -2.32. The summed E-state index contributed by atoms with van der Waals surface area (Å²) in [5.74, 6) is 0.968. The Hall–Kier alpha value is -1.16. The van der Waals surface area contributed by atoms with Gasteiger partial charge in [-0.3, -0.25) is 9.88 Å². The normalized spacial score (nSPS) is 19.0. The van der Waals surface area contributed by atoms with Gasteiger partial charge in [0.25, 0.3) is 0 Å². The van der Waals surface area contributed by atoms with Crippen molar-refractivity contribution in [3.8, 4) is 0 Å². The number of rotatable bonds is 1. The van der Waals surface area contributed by atoms with E-state index in [1.54, 1.807) is 18.6 Å². The molecule has 0 N–H and O–H groups in total. The summed E-state index contributed by atoms with van der Waals surface area (Å²) in [6, 6.07) is 0. The molecule has 0 unspecified atom stereocenters. The Morgan fingerprint density at radius 2 is 1.92 bits per heavy atom. The predicted molar refractivity (Wildman–Crippen MR) is 51.2 cm³/mol. The maximum Gasteiger partial charge on any atom is 0.147 e. The van der Waals surface area contributed by atoms with Crippen molar-refractivity contribution < 1.29 is 0 Å². The van der Waals surface area contributed by atoms with Gasteiger partial charge in [-0.25, -0.2) is 4.98 Å². The topological polar surface area (TPSA) is 32.3 Å². The molecule has 2 heterocycles. The third-order valence-electron chi connectivity index (χ3n) is 2.25. The lowest BCUT2D eigenvalue weighted by atomic mass is 10.3. The summed E-state index contributed by atoms with van der Waals surface area (Å²) in [6.07, 6.45) is 5.23. The summed E-state index contributed by atoms with van der Waals surface area (Å²) < 4.78 is 0. The maximum atomic E-state index is 4.25. The zero-order valence-corrected chi connectivity index (χ0v) is 7.56. The number of anilines is 1. The van der Waals surface area contributed by atoms with Crippen LogP contribution in [0.4, 0.5) is 5.82 Å². The second kappa shape index (κ2) is 3.70. The molecular formula is C9H13N4. The zero-order chi connectivity index (χ0) is 9.10. The van der Waals surface area contributed by atoms with Gasteiger partial charge in [0.2, 0.25) is 0 Å². The largest absolute Gasteiger partial charge is 0.353 e. The second-order valence-corrected chi connectivity index (χ2v) is 3.17. The molecule has 13 heavy (non-hydrogen) atoms. The van der Waals surface area contributed by atoms with Crippen LogP contribution in [-0.2, 0) is 0 Å². The van der Waals surface area contributed by atoms with E-state index in [0.717, 1.165) is 32.0 Å². The van der Waals surface area contributed by atoms with Crippen molar-refractivity contribution >= 4 is 5.82 Å². The van der Waals surface area contributed by atoms with Gasteiger partial charge in [0.05, 0.1) is 6.20 Å². The standard InChI is InChI=1S/C9H13N4/c1-12-4-6-13(7-5-12)9-8-10-2-3-11-9/h2-3,8H,1,4-7H2. The molecule has 1 saturated heterocycles. The summed E-state index contributed by atoms with van der Waals surface area (Å²) in [5.41, 5.74) is 0. The highest BCUT2D eigenvalue weighted by atomic mass is 15.3. The number of hydrogen-bond donors (Lipinski definition) is 0. The molecule has 69 valence electrons. The Labute approximate surface area is 78.2 Å². The van der Waals surface area contributed by atoms with E-state index in [2.05, 4.69) is 26.8 Å². The minimum absolute atomic E-state index is 0.968. The number of piperazine rings is 1. The van der Waals surface area contributed by atoms with E-state index >= 15 is 0 Å². The molecule has 1 fully saturated rings. The van der Waals surface area contributed by atoms with Crippen LogP contribution in [0.3, 0.4) is 0 Å².